The zero-order valence-corrected chi connectivity index (χ0v) is 16.0. The molecular weight excluding hydrogens is 340 g/mol. The summed E-state index contributed by atoms with van der Waals surface area (Å²) in [6.45, 7) is 5.00. The highest BCUT2D eigenvalue weighted by molar-refractivity contribution is 5.97. The lowest BCUT2D eigenvalue weighted by atomic mass is 10.0. The quantitative estimate of drug-likeness (QED) is 0.781. The molecule has 0 aliphatic carbocycles. The first-order valence-corrected chi connectivity index (χ1v) is 9.50. The molecule has 0 spiro atoms. The third-order valence-corrected chi connectivity index (χ3v) is 4.80. The predicted molar refractivity (Wildman–Crippen MR) is 107 cm³/mol. The van der Waals surface area contributed by atoms with Crippen LogP contribution in [0.2, 0.25) is 0 Å². The Morgan fingerprint density at radius 2 is 1.85 bits per heavy atom. The van der Waals surface area contributed by atoms with E-state index < -0.39 is 0 Å². The van der Waals surface area contributed by atoms with E-state index >= 15 is 0 Å². The molecule has 0 atom stereocenters. The molecule has 27 heavy (non-hydrogen) atoms. The number of carbonyl (C=O) groups excluding carboxylic acids is 2. The molecule has 0 saturated heterocycles. The second-order valence-corrected chi connectivity index (χ2v) is 6.60. The average molecular weight is 366 g/mol. The zero-order chi connectivity index (χ0) is 19.2. The van der Waals surface area contributed by atoms with Crippen LogP contribution in [-0.2, 0) is 16.0 Å². The standard InChI is InChI=1S/C22H26N2O3/c1-3-27-21-13-7-6-12-20(21)23(17(2)25)16-14-22(26)24-15-8-10-18-9-4-5-11-19(18)24/h4-7,9,11-13H,3,8,10,14-16H2,1-2H3. The molecule has 3 rings (SSSR count). The fourth-order valence-electron chi connectivity index (χ4n) is 3.54. The fraction of sp³-hybridized carbons (Fsp3) is 0.364. The third-order valence-electron chi connectivity index (χ3n) is 4.80. The Kier molecular flexibility index (Phi) is 6.12. The van der Waals surface area contributed by atoms with Crippen LogP contribution in [0.3, 0.4) is 0 Å². The molecule has 0 fully saturated rings. The minimum Gasteiger partial charge on any atom is -0.492 e. The molecule has 0 aromatic heterocycles. The summed E-state index contributed by atoms with van der Waals surface area (Å²) >= 11 is 0. The van der Waals surface area contributed by atoms with E-state index in [1.54, 1.807) is 4.90 Å². The maximum atomic E-state index is 12.9. The molecule has 0 radical (unpaired) electrons. The number of fused-ring (bicyclic) bond motifs is 1. The van der Waals surface area contributed by atoms with Crippen molar-refractivity contribution in [1.29, 1.82) is 0 Å². The maximum absolute atomic E-state index is 12.9. The molecule has 1 aliphatic heterocycles. The normalized spacial score (nSPS) is 13.0. The second-order valence-electron chi connectivity index (χ2n) is 6.60. The number of anilines is 2. The Bertz CT molecular complexity index is 819. The van der Waals surface area contributed by atoms with Gasteiger partial charge in [-0.05, 0) is 43.5 Å². The van der Waals surface area contributed by atoms with Gasteiger partial charge in [0, 0.05) is 32.1 Å². The van der Waals surface area contributed by atoms with Crippen molar-refractivity contribution in [3.8, 4) is 5.75 Å². The third kappa shape index (κ3) is 4.30. The van der Waals surface area contributed by atoms with E-state index in [9.17, 15) is 9.59 Å². The van der Waals surface area contributed by atoms with Crippen LogP contribution in [0.25, 0.3) is 0 Å². The highest BCUT2D eigenvalue weighted by atomic mass is 16.5. The highest BCUT2D eigenvalue weighted by Gasteiger charge is 2.24. The lowest BCUT2D eigenvalue weighted by Gasteiger charge is -2.30. The van der Waals surface area contributed by atoms with Gasteiger partial charge >= 0.3 is 0 Å². The summed E-state index contributed by atoms with van der Waals surface area (Å²) < 4.78 is 5.65. The lowest BCUT2D eigenvalue weighted by Crippen LogP contribution is -2.39. The van der Waals surface area contributed by atoms with Gasteiger partial charge in [-0.2, -0.15) is 0 Å². The number of hydrogen-bond acceptors (Lipinski definition) is 3. The van der Waals surface area contributed by atoms with E-state index in [0.717, 1.165) is 25.1 Å². The van der Waals surface area contributed by atoms with Crippen molar-refractivity contribution < 1.29 is 14.3 Å². The van der Waals surface area contributed by atoms with Gasteiger partial charge in [0.15, 0.2) is 0 Å². The molecular formula is C22H26N2O3. The number of hydrogen-bond donors (Lipinski definition) is 0. The van der Waals surface area contributed by atoms with Gasteiger partial charge in [-0.15, -0.1) is 0 Å². The van der Waals surface area contributed by atoms with E-state index in [0.29, 0.717) is 24.6 Å². The van der Waals surface area contributed by atoms with Crippen molar-refractivity contribution in [2.24, 2.45) is 0 Å². The van der Waals surface area contributed by atoms with Crippen molar-refractivity contribution in [2.45, 2.75) is 33.1 Å². The molecule has 2 aromatic carbocycles. The Balaban J connectivity index is 1.74. The van der Waals surface area contributed by atoms with Crippen LogP contribution in [0.5, 0.6) is 5.75 Å². The Morgan fingerprint density at radius 3 is 2.63 bits per heavy atom. The van der Waals surface area contributed by atoms with E-state index in [1.807, 2.05) is 54.3 Å². The monoisotopic (exact) mass is 366 g/mol. The summed E-state index contributed by atoms with van der Waals surface area (Å²) in [5.41, 5.74) is 2.92. The van der Waals surface area contributed by atoms with Gasteiger partial charge in [0.25, 0.3) is 0 Å². The first-order valence-electron chi connectivity index (χ1n) is 9.50. The molecule has 5 heteroatoms. The topological polar surface area (TPSA) is 49.9 Å². The molecule has 142 valence electrons. The van der Waals surface area contributed by atoms with Gasteiger partial charge < -0.3 is 14.5 Å². The van der Waals surface area contributed by atoms with Gasteiger partial charge in [0.05, 0.1) is 12.3 Å². The van der Waals surface area contributed by atoms with E-state index in [-0.39, 0.29) is 18.2 Å². The summed E-state index contributed by atoms with van der Waals surface area (Å²) in [6, 6.07) is 15.5. The van der Waals surface area contributed by atoms with Gasteiger partial charge in [0.2, 0.25) is 11.8 Å². The molecule has 5 nitrogen and oxygen atoms in total. The Hall–Kier alpha value is -2.82. The van der Waals surface area contributed by atoms with E-state index in [4.69, 9.17) is 4.74 Å². The fourth-order valence-corrected chi connectivity index (χ4v) is 3.54. The van der Waals surface area contributed by atoms with Crippen molar-refractivity contribution in [3.05, 3.63) is 54.1 Å². The van der Waals surface area contributed by atoms with Crippen LogP contribution in [0, 0.1) is 0 Å². The zero-order valence-electron chi connectivity index (χ0n) is 16.0. The van der Waals surface area contributed by atoms with Crippen LogP contribution < -0.4 is 14.5 Å². The molecule has 1 heterocycles. The van der Waals surface area contributed by atoms with Gasteiger partial charge in [-0.1, -0.05) is 30.3 Å². The average Bonchev–Trinajstić information content (AvgIpc) is 2.68. The van der Waals surface area contributed by atoms with E-state index in [2.05, 4.69) is 6.07 Å². The summed E-state index contributed by atoms with van der Waals surface area (Å²) in [6.07, 6.45) is 2.24. The number of ether oxygens (including phenoxy) is 1. The first-order chi connectivity index (χ1) is 13.1. The summed E-state index contributed by atoms with van der Waals surface area (Å²) in [7, 11) is 0. The Morgan fingerprint density at radius 1 is 1.11 bits per heavy atom. The van der Waals surface area contributed by atoms with Crippen LogP contribution in [-0.4, -0.2) is 31.5 Å². The molecule has 1 aliphatic rings. The van der Waals surface area contributed by atoms with E-state index in [1.165, 1.54) is 12.5 Å². The SMILES string of the molecule is CCOc1ccccc1N(CCC(=O)N1CCCc2ccccc21)C(C)=O. The number of para-hydroxylation sites is 3. The molecule has 0 unspecified atom stereocenters. The lowest BCUT2D eigenvalue weighted by molar-refractivity contribution is -0.118. The molecule has 0 bridgehead atoms. The Labute approximate surface area is 160 Å². The second kappa shape index (κ2) is 8.71. The molecule has 0 saturated carbocycles. The predicted octanol–water partition coefficient (Wildman–Crippen LogP) is 3.81. The largest absolute Gasteiger partial charge is 0.492 e. The van der Waals surface area contributed by atoms with Gasteiger partial charge in [0.1, 0.15) is 5.75 Å². The summed E-state index contributed by atoms with van der Waals surface area (Å²) in [4.78, 5) is 28.6. The number of nitrogens with zero attached hydrogens (tertiary/aromatic N) is 2. The highest BCUT2D eigenvalue weighted by Crippen LogP contribution is 2.30. The summed E-state index contributed by atoms with van der Waals surface area (Å²) in [5.74, 6) is 0.599. The van der Waals surface area contributed by atoms with Crippen LogP contribution in [0.15, 0.2) is 48.5 Å². The number of benzene rings is 2. The smallest absolute Gasteiger partial charge is 0.228 e. The van der Waals surface area contributed by atoms with Crippen LogP contribution in [0.1, 0.15) is 32.3 Å². The number of aryl methyl sites for hydroxylation is 1. The minimum absolute atomic E-state index is 0.0438. The van der Waals surface area contributed by atoms with Gasteiger partial charge in [-0.3, -0.25) is 9.59 Å². The molecule has 2 amide bonds. The number of rotatable bonds is 6. The summed E-state index contributed by atoms with van der Waals surface area (Å²) in [5, 5.41) is 0. The minimum atomic E-state index is -0.103. The molecule has 2 aromatic rings. The van der Waals surface area contributed by atoms with Crippen molar-refractivity contribution in [3.63, 3.8) is 0 Å². The van der Waals surface area contributed by atoms with Crippen molar-refractivity contribution >= 4 is 23.2 Å². The number of amides is 2. The molecule has 0 N–H and O–H groups in total. The van der Waals surface area contributed by atoms with Crippen molar-refractivity contribution in [2.75, 3.05) is 29.5 Å². The van der Waals surface area contributed by atoms with Crippen molar-refractivity contribution in [1.82, 2.24) is 0 Å². The first kappa shape index (κ1) is 19.0. The maximum Gasteiger partial charge on any atom is 0.228 e. The van der Waals surface area contributed by atoms with Crippen LogP contribution in [0.4, 0.5) is 11.4 Å². The van der Waals surface area contributed by atoms with Gasteiger partial charge in [-0.25, -0.2) is 0 Å². The van der Waals surface area contributed by atoms with Crippen LogP contribution >= 0.6 is 0 Å². The number of carbonyl (C=O) groups is 2.